The molecule has 0 unspecified atom stereocenters. The summed E-state index contributed by atoms with van der Waals surface area (Å²) in [5.41, 5.74) is 3.58. The van der Waals surface area contributed by atoms with Crippen LogP contribution in [-0.4, -0.2) is 46.2 Å². The Morgan fingerprint density at radius 3 is 2.35 bits per heavy atom. The van der Waals surface area contributed by atoms with Crippen molar-refractivity contribution in [2.75, 3.05) is 31.1 Å². The van der Waals surface area contributed by atoms with E-state index in [2.05, 4.69) is 63.3 Å². The van der Waals surface area contributed by atoms with E-state index in [1.54, 1.807) is 0 Å². The molecule has 0 bridgehead atoms. The fraction of sp³-hybridized carbons (Fsp3) is 0.480. The van der Waals surface area contributed by atoms with E-state index in [4.69, 9.17) is 9.51 Å². The first-order chi connectivity index (χ1) is 15.1. The van der Waals surface area contributed by atoms with Crippen LogP contribution in [0.5, 0.6) is 0 Å². The molecule has 1 aromatic carbocycles. The van der Waals surface area contributed by atoms with Gasteiger partial charge in [-0.05, 0) is 44.4 Å². The van der Waals surface area contributed by atoms with Crippen molar-refractivity contribution in [2.24, 2.45) is 0 Å². The number of anilines is 1. The number of rotatable bonds is 5. The van der Waals surface area contributed by atoms with Crippen LogP contribution in [0.25, 0.3) is 0 Å². The summed E-state index contributed by atoms with van der Waals surface area (Å²) in [5, 5.41) is 4.47. The second-order valence-electron chi connectivity index (χ2n) is 9.07. The number of aromatic nitrogens is 3. The molecule has 1 saturated heterocycles. The first-order valence-corrected chi connectivity index (χ1v) is 11.4. The Balaban J connectivity index is 1.26. The van der Waals surface area contributed by atoms with Gasteiger partial charge in [-0.25, -0.2) is 4.98 Å². The van der Waals surface area contributed by atoms with Crippen LogP contribution in [0.4, 0.5) is 5.82 Å². The van der Waals surface area contributed by atoms with E-state index in [-0.39, 0.29) is 5.41 Å². The van der Waals surface area contributed by atoms with Crippen LogP contribution >= 0.6 is 0 Å². The summed E-state index contributed by atoms with van der Waals surface area (Å²) in [5.74, 6) is 2.67. The van der Waals surface area contributed by atoms with Crippen LogP contribution in [0.3, 0.4) is 0 Å². The van der Waals surface area contributed by atoms with Gasteiger partial charge in [-0.1, -0.05) is 53.9 Å². The molecule has 0 radical (unpaired) electrons. The fourth-order valence-corrected chi connectivity index (χ4v) is 5.04. The lowest BCUT2D eigenvalue weighted by atomic mass is 9.78. The van der Waals surface area contributed by atoms with Crippen molar-refractivity contribution in [3.05, 3.63) is 71.0 Å². The van der Waals surface area contributed by atoms with Gasteiger partial charge in [0.1, 0.15) is 5.82 Å². The topological polar surface area (TPSA) is 58.3 Å². The third-order valence-electron chi connectivity index (χ3n) is 6.89. The summed E-state index contributed by atoms with van der Waals surface area (Å²) in [6.07, 6.45) is 4.62. The van der Waals surface area contributed by atoms with Crippen LogP contribution in [-0.2, 0) is 12.0 Å². The number of aryl methyl sites for hydroxylation is 2. The van der Waals surface area contributed by atoms with Crippen molar-refractivity contribution in [2.45, 2.75) is 51.5 Å². The van der Waals surface area contributed by atoms with Gasteiger partial charge in [0.15, 0.2) is 5.82 Å². The molecule has 2 fully saturated rings. The maximum Gasteiger partial charge on any atom is 0.240 e. The molecule has 162 valence electrons. The minimum absolute atomic E-state index is 0.0923. The Hall–Kier alpha value is -2.73. The van der Waals surface area contributed by atoms with Gasteiger partial charge < -0.3 is 9.42 Å². The molecule has 5 rings (SSSR count). The van der Waals surface area contributed by atoms with E-state index in [0.29, 0.717) is 6.54 Å². The lowest BCUT2D eigenvalue weighted by Crippen LogP contribution is -2.46. The summed E-state index contributed by atoms with van der Waals surface area (Å²) in [4.78, 5) is 14.3. The zero-order valence-corrected chi connectivity index (χ0v) is 18.5. The standard InChI is InChI=1S/C25H31N5O/c1-19-8-10-21(11-9-19)25(12-3-4-13-25)24-27-23(31-28-24)18-29-14-16-30(17-15-29)22-7-5-6-20(2)26-22/h5-11H,3-4,12-18H2,1-2H3. The third kappa shape index (κ3) is 4.09. The van der Waals surface area contributed by atoms with Gasteiger partial charge in [0.05, 0.1) is 12.0 Å². The number of benzene rings is 1. The summed E-state index contributed by atoms with van der Waals surface area (Å²) in [7, 11) is 0. The van der Waals surface area contributed by atoms with Crippen LogP contribution < -0.4 is 4.90 Å². The summed E-state index contributed by atoms with van der Waals surface area (Å²) in [6.45, 7) is 8.75. The molecule has 1 aliphatic heterocycles. The predicted octanol–water partition coefficient (Wildman–Crippen LogP) is 4.26. The van der Waals surface area contributed by atoms with Crippen LogP contribution in [0, 0.1) is 13.8 Å². The molecule has 0 spiro atoms. The van der Waals surface area contributed by atoms with E-state index in [9.17, 15) is 0 Å². The molecule has 6 heteroatoms. The lowest BCUT2D eigenvalue weighted by Gasteiger charge is -2.34. The van der Waals surface area contributed by atoms with Gasteiger partial charge in [-0.15, -0.1) is 0 Å². The average molecular weight is 418 g/mol. The molecule has 1 saturated carbocycles. The minimum atomic E-state index is -0.0923. The SMILES string of the molecule is Cc1ccc(C2(c3noc(CN4CCN(c5cccc(C)n5)CC4)n3)CCCC2)cc1. The molecule has 6 nitrogen and oxygen atoms in total. The maximum atomic E-state index is 5.75. The quantitative estimate of drug-likeness (QED) is 0.618. The molecular formula is C25H31N5O. The molecule has 31 heavy (non-hydrogen) atoms. The Labute approximate surface area is 184 Å². The van der Waals surface area contributed by atoms with Crippen molar-refractivity contribution in [1.82, 2.24) is 20.0 Å². The highest BCUT2D eigenvalue weighted by Gasteiger charge is 2.41. The van der Waals surface area contributed by atoms with Crippen LogP contribution in [0.15, 0.2) is 47.0 Å². The second-order valence-corrected chi connectivity index (χ2v) is 9.07. The molecule has 2 aliphatic rings. The monoisotopic (exact) mass is 417 g/mol. The molecular weight excluding hydrogens is 386 g/mol. The second kappa shape index (κ2) is 8.42. The van der Waals surface area contributed by atoms with E-state index < -0.39 is 0 Å². The molecule has 0 N–H and O–H groups in total. The Bertz CT molecular complexity index is 1010. The summed E-state index contributed by atoms with van der Waals surface area (Å²) >= 11 is 0. The molecule has 0 atom stereocenters. The van der Waals surface area contributed by atoms with Gasteiger partial charge >= 0.3 is 0 Å². The zero-order valence-electron chi connectivity index (χ0n) is 18.5. The van der Waals surface area contributed by atoms with Crippen molar-refractivity contribution < 1.29 is 4.52 Å². The van der Waals surface area contributed by atoms with Gasteiger partial charge in [0.25, 0.3) is 0 Å². The van der Waals surface area contributed by atoms with Crippen LogP contribution in [0.2, 0.25) is 0 Å². The smallest absolute Gasteiger partial charge is 0.240 e. The van der Waals surface area contributed by atoms with Gasteiger partial charge in [-0.3, -0.25) is 4.90 Å². The average Bonchev–Trinajstić information content (AvgIpc) is 3.45. The number of nitrogens with zero attached hydrogens (tertiary/aromatic N) is 5. The molecule has 2 aromatic heterocycles. The van der Waals surface area contributed by atoms with Crippen molar-refractivity contribution in [1.29, 1.82) is 0 Å². The fourth-order valence-electron chi connectivity index (χ4n) is 5.04. The summed E-state index contributed by atoms with van der Waals surface area (Å²) < 4.78 is 5.75. The van der Waals surface area contributed by atoms with Gasteiger partial charge in [-0.2, -0.15) is 4.98 Å². The first-order valence-electron chi connectivity index (χ1n) is 11.4. The third-order valence-corrected chi connectivity index (χ3v) is 6.89. The Morgan fingerprint density at radius 1 is 0.903 bits per heavy atom. The number of pyridine rings is 1. The van der Waals surface area contributed by atoms with Crippen molar-refractivity contribution >= 4 is 5.82 Å². The first kappa shape index (κ1) is 20.2. The maximum absolute atomic E-state index is 5.75. The minimum Gasteiger partial charge on any atom is -0.354 e. The highest BCUT2D eigenvalue weighted by Crippen LogP contribution is 2.45. The van der Waals surface area contributed by atoms with Gasteiger partial charge in [0, 0.05) is 31.9 Å². The molecule has 1 aliphatic carbocycles. The number of hydrogen-bond donors (Lipinski definition) is 0. The molecule has 3 aromatic rings. The normalized spacial score (nSPS) is 19.1. The zero-order chi connectivity index (χ0) is 21.3. The summed E-state index contributed by atoms with van der Waals surface area (Å²) in [6, 6.07) is 15.1. The van der Waals surface area contributed by atoms with E-state index in [0.717, 1.165) is 62.2 Å². The number of piperazine rings is 1. The lowest BCUT2D eigenvalue weighted by molar-refractivity contribution is 0.214. The Kier molecular flexibility index (Phi) is 5.48. The van der Waals surface area contributed by atoms with Crippen molar-refractivity contribution in [3.63, 3.8) is 0 Å². The molecule has 0 amide bonds. The molecule has 3 heterocycles. The predicted molar refractivity (Wildman–Crippen MR) is 121 cm³/mol. The largest absolute Gasteiger partial charge is 0.354 e. The van der Waals surface area contributed by atoms with Crippen LogP contribution in [0.1, 0.15) is 54.2 Å². The van der Waals surface area contributed by atoms with E-state index in [1.807, 2.05) is 13.0 Å². The highest BCUT2D eigenvalue weighted by molar-refractivity contribution is 5.40. The van der Waals surface area contributed by atoms with Crippen molar-refractivity contribution in [3.8, 4) is 0 Å². The number of hydrogen-bond acceptors (Lipinski definition) is 6. The Morgan fingerprint density at radius 2 is 1.65 bits per heavy atom. The van der Waals surface area contributed by atoms with E-state index in [1.165, 1.54) is 24.0 Å². The highest BCUT2D eigenvalue weighted by atomic mass is 16.5. The van der Waals surface area contributed by atoms with E-state index >= 15 is 0 Å². The van der Waals surface area contributed by atoms with Gasteiger partial charge in [0.2, 0.25) is 5.89 Å².